The van der Waals surface area contributed by atoms with Crippen LogP contribution in [0.15, 0.2) is 36.7 Å². The first-order chi connectivity index (χ1) is 9.22. The molecule has 0 fully saturated rings. The summed E-state index contributed by atoms with van der Waals surface area (Å²) in [5, 5.41) is 9.38. The van der Waals surface area contributed by atoms with E-state index < -0.39 is 0 Å². The highest BCUT2D eigenvalue weighted by Crippen LogP contribution is 2.29. The van der Waals surface area contributed by atoms with E-state index in [0.717, 1.165) is 5.56 Å². The lowest BCUT2D eigenvalue weighted by Gasteiger charge is -2.34. The van der Waals surface area contributed by atoms with Crippen molar-refractivity contribution in [2.24, 2.45) is 0 Å². The predicted octanol–water partition coefficient (Wildman–Crippen LogP) is 1.20. The Morgan fingerprint density at radius 3 is 3.05 bits per heavy atom. The minimum atomic E-state index is -0.118. The highest BCUT2D eigenvalue weighted by molar-refractivity contribution is 5.93. The van der Waals surface area contributed by atoms with Gasteiger partial charge < -0.3 is 14.6 Å². The molecular weight excluding hydrogens is 242 g/mol. The summed E-state index contributed by atoms with van der Waals surface area (Å²) in [6.07, 6.45) is 3.56. The Morgan fingerprint density at radius 1 is 1.42 bits per heavy atom. The molecule has 1 atom stereocenters. The fourth-order valence-electron chi connectivity index (χ4n) is 2.59. The van der Waals surface area contributed by atoms with E-state index in [9.17, 15) is 9.90 Å². The second-order valence-corrected chi connectivity index (χ2v) is 4.68. The van der Waals surface area contributed by atoms with Gasteiger partial charge in [0, 0.05) is 31.5 Å². The zero-order valence-corrected chi connectivity index (χ0v) is 10.7. The number of amides is 1. The number of aliphatic hydroxyl groups is 1. The average molecular weight is 257 g/mol. The largest absolute Gasteiger partial charge is 0.390 e. The lowest BCUT2D eigenvalue weighted by Crippen LogP contribution is -2.40. The molecule has 0 aliphatic carbocycles. The average Bonchev–Trinajstić information content (AvgIpc) is 2.91. The summed E-state index contributed by atoms with van der Waals surface area (Å²) >= 11 is 0. The van der Waals surface area contributed by atoms with Gasteiger partial charge in [-0.05, 0) is 18.2 Å². The van der Waals surface area contributed by atoms with Crippen molar-refractivity contribution in [1.29, 1.82) is 0 Å². The van der Waals surface area contributed by atoms with Crippen molar-refractivity contribution in [3.05, 3.63) is 53.6 Å². The first-order valence-electron chi connectivity index (χ1n) is 6.19. The topological polar surface area (TPSA) is 58.4 Å². The summed E-state index contributed by atoms with van der Waals surface area (Å²) in [6.45, 7) is 0.566. The molecule has 5 nitrogen and oxygen atoms in total. The molecule has 1 N–H and O–H groups in total. The summed E-state index contributed by atoms with van der Waals surface area (Å²) < 4.78 is 1.95. The molecule has 0 radical (unpaired) electrons. The molecule has 3 heterocycles. The molecule has 98 valence electrons. The molecule has 0 spiro atoms. The van der Waals surface area contributed by atoms with Gasteiger partial charge in [0.15, 0.2) is 0 Å². The smallest absolute Gasteiger partial charge is 0.270 e. The fourth-order valence-corrected chi connectivity index (χ4v) is 2.59. The second-order valence-electron chi connectivity index (χ2n) is 4.68. The van der Waals surface area contributed by atoms with Crippen molar-refractivity contribution in [2.45, 2.75) is 19.2 Å². The minimum absolute atomic E-state index is 0.00556. The molecule has 1 aliphatic rings. The number of carbonyl (C=O) groups excluding carboxylic acids is 1. The monoisotopic (exact) mass is 257 g/mol. The number of pyridine rings is 1. The third-order valence-corrected chi connectivity index (χ3v) is 3.64. The van der Waals surface area contributed by atoms with Crippen molar-refractivity contribution in [2.75, 3.05) is 7.05 Å². The van der Waals surface area contributed by atoms with Crippen LogP contribution in [0.3, 0.4) is 0 Å². The van der Waals surface area contributed by atoms with Crippen LogP contribution in [0.2, 0.25) is 0 Å². The van der Waals surface area contributed by atoms with Gasteiger partial charge in [-0.1, -0.05) is 6.07 Å². The van der Waals surface area contributed by atoms with Gasteiger partial charge in [0.2, 0.25) is 0 Å². The normalized spacial score (nSPS) is 18.5. The maximum Gasteiger partial charge on any atom is 0.270 e. The van der Waals surface area contributed by atoms with Crippen LogP contribution in [0, 0.1) is 0 Å². The lowest BCUT2D eigenvalue weighted by molar-refractivity contribution is 0.0652. The summed E-state index contributed by atoms with van der Waals surface area (Å²) in [6, 6.07) is 7.35. The number of aromatic nitrogens is 2. The summed E-state index contributed by atoms with van der Waals surface area (Å²) in [7, 11) is 1.79. The van der Waals surface area contributed by atoms with Crippen LogP contribution in [0.25, 0.3) is 0 Å². The van der Waals surface area contributed by atoms with Gasteiger partial charge in [-0.25, -0.2) is 0 Å². The van der Waals surface area contributed by atoms with Crippen LogP contribution >= 0.6 is 0 Å². The van der Waals surface area contributed by atoms with Crippen molar-refractivity contribution in [3.8, 4) is 0 Å². The van der Waals surface area contributed by atoms with Crippen molar-refractivity contribution in [1.82, 2.24) is 14.5 Å². The summed E-state index contributed by atoms with van der Waals surface area (Å²) in [5.74, 6) is -0.00556. The van der Waals surface area contributed by atoms with Gasteiger partial charge >= 0.3 is 0 Å². The minimum Gasteiger partial charge on any atom is -0.390 e. The molecule has 0 saturated heterocycles. The SMILES string of the molecule is CN1C(=O)c2cccn2CC1c1cccnc1CO. The molecule has 1 aliphatic heterocycles. The van der Waals surface area contributed by atoms with E-state index in [4.69, 9.17) is 0 Å². The molecule has 5 heteroatoms. The van der Waals surface area contributed by atoms with E-state index in [1.54, 1.807) is 18.1 Å². The van der Waals surface area contributed by atoms with Crippen LogP contribution < -0.4 is 0 Å². The quantitative estimate of drug-likeness (QED) is 0.879. The van der Waals surface area contributed by atoms with Crippen LogP contribution in [-0.4, -0.2) is 32.5 Å². The first-order valence-corrected chi connectivity index (χ1v) is 6.19. The molecule has 0 bridgehead atoms. The van der Waals surface area contributed by atoms with Crippen LogP contribution in [-0.2, 0) is 13.2 Å². The van der Waals surface area contributed by atoms with E-state index in [1.807, 2.05) is 35.0 Å². The molecule has 3 rings (SSSR count). The number of hydrogen-bond donors (Lipinski definition) is 1. The standard InChI is InChI=1S/C14H15N3O2/c1-16-13(10-4-2-6-15-11(10)9-18)8-17-7-3-5-12(17)14(16)19/h2-7,13,18H,8-9H2,1H3. The Labute approximate surface area is 111 Å². The molecule has 19 heavy (non-hydrogen) atoms. The Balaban J connectivity index is 2.05. The Morgan fingerprint density at radius 2 is 2.26 bits per heavy atom. The van der Waals surface area contributed by atoms with Gasteiger partial charge in [0.1, 0.15) is 5.69 Å². The number of hydrogen-bond acceptors (Lipinski definition) is 3. The number of carbonyl (C=O) groups is 1. The lowest BCUT2D eigenvalue weighted by atomic mass is 10.0. The van der Waals surface area contributed by atoms with E-state index in [0.29, 0.717) is 17.9 Å². The number of aliphatic hydroxyl groups excluding tert-OH is 1. The molecular formula is C14H15N3O2. The number of rotatable bonds is 2. The van der Waals surface area contributed by atoms with Crippen molar-refractivity contribution in [3.63, 3.8) is 0 Å². The second kappa shape index (κ2) is 4.51. The number of fused-ring (bicyclic) bond motifs is 1. The van der Waals surface area contributed by atoms with Gasteiger partial charge in [-0.2, -0.15) is 0 Å². The summed E-state index contributed by atoms with van der Waals surface area (Å²) in [4.78, 5) is 18.2. The maximum atomic E-state index is 12.3. The Bertz CT molecular complexity index is 621. The fraction of sp³-hybridized carbons (Fsp3) is 0.286. The third-order valence-electron chi connectivity index (χ3n) is 3.64. The Kier molecular flexibility index (Phi) is 2.83. The molecule has 2 aromatic heterocycles. The van der Waals surface area contributed by atoms with Crippen LogP contribution in [0.4, 0.5) is 0 Å². The molecule has 1 unspecified atom stereocenters. The molecule has 1 amide bonds. The highest BCUT2D eigenvalue weighted by Gasteiger charge is 2.31. The van der Waals surface area contributed by atoms with Gasteiger partial charge in [0.25, 0.3) is 5.91 Å². The van der Waals surface area contributed by atoms with E-state index in [2.05, 4.69) is 4.98 Å². The van der Waals surface area contributed by atoms with Crippen molar-refractivity contribution < 1.29 is 9.90 Å². The van der Waals surface area contributed by atoms with Gasteiger partial charge in [-0.15, -0.1) is 0 Å². The van der Waals surface area contributed by atoms with E-state index in [-0.39, 0.29) is 18.6 Å². The zero-order valence-electron chi connectivity index (χ0n) is 10.7. The zero-order chi connectivity index (χ0) is 13.4. The molecule has 0 saturated carbocycles. The summed E-state index contributed by atoms with van der Waals surface area (Å²) in [5.41, 5.74) is 2.23. The van der Waals surface area contributed by atoms with Gasteiger partial charge in [0.05, 0.1) is 18.3 Å². The van der Waals surface area contributed by atoms with Crippen molar-refractivity contribution >= 4 is 5.91 Å². The van der Waals surface area contributed by atoms with E-state index >= 15 is 0 Å². The first kappa shape index (κ1) is 11.9. The Hall–Kier alpha value is -2.14. The maximum absolute atomic E-state index is 12.3. The third kappa shape index (κ3) is 1.82. The van der Waals surface area contributed by atoms with E-state index in [1.165, 1.54) is 0 Å². The van der Waals surface area contributed by atoms with Crippen LogP contribution in [0.1, 0.15) is 27.8 Å². The highest BCUT2D eigenvalue weighted by atomic mass is 16.3. The molecule has 2 aromatic rings. The number of likely N-dealkylation sites (N-methyl/N-ethyl adjacent to an activating group) is 1. The molecule has 0 aromatic carbocycles. The predicted molar refractivity (Wildman–Crippen MR) is 69.4 cm³/mol. The van der Waals surface area contributed by atoms with Crippen LogP contribution in [0.5, 0.6) is 0 Å². The van der Waals surface area contributed by atoms with Gasteiger partial charge in [-0.3, -0.25) is 9.78 Å². The number of nitrogens with zero attached hydrogens (tertiary/aromatic N) is 3.